The van der Waals surface area contributed by atoms with Crippen LogP contribution in [0, 0.1) is 5.82 Å². The number of carbonyl (C=O) groups excluding carboxylic acids is 2. The number of halogens is 1. The zero-order valence-electron chi connectivity index (χ0n) is 12.6. The van der Waals surface area contributed by atoms with Crippen molar-refractivity contribution in [3.8, 4) is 11.3 Å². The Balaban J connectivity index is 1.73. The van der Waals surface area contributed by atoms with Gasteiger partial charge in [-0.05, 0) is 30.7 Å². The topological polar surface area (TPSA) is 75.4 Å². The molecular weight excluding hydrogens is 301 g/mol. The van der Waals surface area contributed by atoms with Crippen LogP contribution in [0.15, 0.2) is 34.9 Å². The summed E-state index contributed by atoms with van der Waals surface area (Å²) >= 11 is 0. The molecule has 1 fully saturated rings. The van der Waals surface area contributed by atoms with E-state index in [1.54, 1.807) is 12.1 Å². The Morgan fingerprint density at radius 1 is 1.30 bits per heavy atom. The number of benzene rings is 1. The van der Waals surface area contributed by atoms with Crippen LogP contribution in [0.1, 0.15) is 25.7 Å². The first-order chi connectivity index (χ1) is 11.1. The van der Waals surface area contributed by atoms with Crippen LogP contribution >= 0.6 is 0 Å². The Bertz CT molecular complexity index is 726. The smallest absolute Gasteiger partial charge is 0.325 e. The number of oxazole rings is 1. The molecular formula is C16H16FN3O3. The fourth-order valence-electron chi connectivity index (χ4n) is 2.48. The quantitative estimate of drug-likeness (QED) is 0.860. The summed E-state index contributed by atoms with van der Waals surface area (Å²) in [4.78, 5) is 29.2. The van der Waals surface area contributed by atoms with E-state index in [9.17, 15) is 14.0 Å². The number of imide groups is 1. The molecule has 1 aromatic carbocycles. The maximum Gasteiger partial charge on any atom is 0.325 e. The van der Waals surface area contributed by atoms with Crippen molar-refractivity contribution in [3.63, 3.8) is 0 Å². The minimum absolute atomic E-state index is 0.0218. The first-order valence-corrected chi connectivity index (χ1v) is 7.41. The van der Waals surface area contributed by atoms with E-state index in [2.05, 4.69) is 10.3 Å². The molecule has 0 aliphatic carbocycles. The molecule has 2 heterocycles. The first kappa shape index (κ1) is 15.2. The third kappa shape index (κ3) is 3.08. The van der Waals surface area contributed by atoms with E-state index in [1.165, 1.54) is 18.3 Å². The lowest BCUT2D eigenvalue weighted by molar-refractivity contribution is -0.128. The van der Waals surface area contributed by atoms with Crippen molar-refractivity contribution in [1.82, 2.24) is 15.2 Å². The van der Waals surface area contributed by atoms with Crippen molar-refractivity contribution in [2.24, 2.45) is 0 Å². The fourth-order valence-corrected chi connectivity index (χ4v) is 2.48. The van der Waals surface area contributed by atoms with Gasteiger partial charge in [0.2, 0.25) is 5.89 Å². The van der Waals surface area contributed by atoms with E-state index >= 15 is 0 Å². The summed E-state index contributed by atoms with van der Waals surface area (Å²) in [6.45, 7) is 1.93. The molecule has 3 amide bonds. The summed E-state index contributed by atoms with van der Waals surface area (Å²) in [5.41, 5.74) is 0.672. The number of carbonyl (C=O) groups is 2. The number of hydrogen-bond acceptors (Lipinski definition) is 4. The molecule has 0 spiro atoms. The number of aromatic nitrogens is 1. The molecule has 1 atom stereocenters. The Labute approximate surface area is 132 Å². The zero-order valence-corrected chi connectivity index (χ0v) is 12.6. The van der Waals surface area contributed by atoms with Crippen LogP contribution in [0.25, 0.3) is 11.3 Å². The van der Waals surface area contributed by atoms with Gasteiger partial charge in [0.05, 0.1) is 6.20 Å². The normalized spacial score (nSPS) is 17.7. The summed E-state index contributed by atoms with van der Waals surface area (Å²) in [5, 5.41) is 2.65. The van der Waals surface area contributed by atoms with Gasteiger partial charge in [0, 0.05) is 5.56 Å². The number of urea groups is 1. The average Bonchev–Trinajstić information content (AvgIpc) is 3.10. The highest BCUT2D eigenvalue weighted by atomic mass is 19.1. The summed E-state index contributed by atoms with van der Waals surface area (Å²) in [7, 11) is 0. The van der Waals surface area contributed by atoms with Crippen LogP contribution in [0.3, 0.4) is 0 Å². The second-order valence-corrected chi connectivity index (χ2v) is 5.34. The predicted molar refractivity (Wildman–Crippen MR) is 79.7 cm³/mol. The summed E-state index contributed by atoms with van der Waals surface area (Å²) < 4.78 is 18.5. The average molecular weight is 317 g/mol. The predicted octanol–water partition coefficient (Wildman–Crippen LogP) is 2.70. The molecule has 1 N–H and O–H groups in total. The standard InChI is InChI=1S/C16H16FN3O3/c1-2-3-12-15(21)20(16(22)19-12)9-14-18-8-13(23-14)10-4-6-11(17)7-5-10/h4-8,12H,2-3,9H2,1H3,(H,19,22). The van der Waals surface area contributed by atoms with Gasteiger partial charge in [-0.25, -0.2) is 14.2 Å². The molecule has 1 unspecified atom stereocenters. The molecule has 1 aromatic heterocycles. The second kappa shape index (κ2) is 6.20. The third-order valence-corrected chi connectivity index (χ3v) is 3.66. The third-order valence-electron chi connectivity index (χ3n) is 3.66. The van der Waals surface area contributed by atoms with Gasteiger partial charge in [0.1, 0.15) is 18.4 Å². The summed E-state index contributed by atoms with van der Waals surface area (Å²) in [5.74, 6) is 0.107. The van der Waals surface area contributed by atoms with Crippen molar-refractivity contribution in [2.75, 3.05) is 0 Å². The van der Waals surface area contributed by atoms with E-state index in [-0.39, 0.29) is 24.2 Å². The number of rotatable bonds is 5. The Morgan fingerprint density at radius 2 is 2.04 bits per heavy atom. The number of nitrogens with one attached hydrogen (secondary N) is 1. The number of hydrogen-bond donors (Lipinski definition) is 1. The number of amides is 3. The van der Waals surface area contributed by atoms with Crippen molar-refractivity contribution < 1.29 is 18.4 Å². The van der Waals surface area contributed by atoms with Crippen LogP contribution in [0.2, 0.25) is 0 Å². The Kier molecular flexibility index (Phi) is 4.10. The van der Waals surface area contributed by atoms with Gasteiger partial charge in [-0.1, -0.05) is 13.3 Å². The molecule has 3 rings (SSSR count). The van der Waals surface area contributed by atoms with E-state index in [4.69, 9.17) is 4.42 Å². The van der Waals surface area contributed by atoms with Crippen LogP contribution in [-0.4, -0.2) is 27.9 Å². The Hall–Kier alpha value is -2.70. The van der Waals surface area contributed by atoms with Crippen molar-refractivity contribution in [1.29, 1.82) is 0 Å². The van der Waals surface area contributed by atoms with Crippen molar-refractivity contribution >= 4 is 11.9 Å². The monoisotopic (exact) mass is 317 g/mol. The molecule has 1 aliphatic rings. The van der Waals surface area contributed by atoms with Gasteiger partial charge in [-0.15, -0.1) is 0 Å². The van der Waals surface area contributed by atoms with Gasteiger partial charge in [0.25, 0.3) is 5.91 Å². The minimum atomic E-state index is -0.473. The van der Waals surface area contributed by atoms with E-state index < -0.39 is 12.1 Å². The molecule has 1 saturated heterocycles. The molecule has 120 valence electrons. The van der Waals surface area contributed by atoms with E-state index in [1.807, 2.05) is 6.92 Å². The highest BCUT2D eigenvalue weighted by Gasteiger charge is 2.37. The van der Waals surface area contributed by atoms with Crippen LogP contribution < -0.4 is 5.32 Å². The Morgan fingerprint density at radius 3 is 2.74 bits per heavy atom. The second-order valence-electron chi connectivity index (χ2n) is 5.34. The molecule has 2 aromatic rings. The van der Waals surface area contributed by atoms with Crippen molar-refractivity contribution in [2.45, 2.75) is 32.4 Å². The first-order valence-electron chi connectivity index (χ1n) is 7.41. The highest BCUT2D eigenvalue weighted by Crippen LogP contribution is 2.22. The van der Waals surface area contributed by atoms with E-state index in [0.717, 1.165) is 11.3 Å². The molecule has 6 nitrogen and oxygen atoms in total. The lowest BCUT2D eigenvalue weighted by atomic mass is 10.2. The van der Waals surface area contributed by atoms with Gasteiger partial charge in [-0.3, -0.25) is 9.69 Å². The highest BCUT2D eigenvalue weighted by molar-refractivity contribution is 6.04. The minimum Gasteiger partial charge on any atom is -0.439 e. The fraction of sp³-hybridized carbons (Fsp3) is 0.312. The summed E-state index contributed by atoms with van der Waals surface area (Å²) in [6.07, 6.45) is 2.90. The summed E-state index contributed by atoms with van der Waals surface area (Å²) in [6, 6.07) is 4.89. The molecule has 23 heavy (non-hydrogen) atoms. The molecule has 0 bridgehead atoms. The van der Waals surface area contributed by atoms with Crippen LogP contribution in [-0.2, 0) is 11.3 Å². The SMILES string of the molecule is CCCC1NC(=O)N(Cc2ncc(-c3ccc(F)cc3)o2)C1=O. The van der Waals surface area contributed by atoms with Gasteiger partial charge < -0.3 is 9.73 Å². The molecule has 1 aliphatic heterocycles. The lowest BCUT2D eigenvalue weighted by Crippen LogP contribution is -2.31. The van der Waals surface area contributed by atoms with Gasteiger partial charge in [-0.2, -0.15) is 0 Å². The maximum atomic E-state index is 12.9. The lowest BCUT2D eigenvalue weighted by Gasteiger charge is -2.10. The van der Waals surface area contributed by atoms with Crippen LogP contribution in [0.5, 0.6) is 0 Å². The molecule has 0 radical (unpaired) electrons. The maximum absolute atomic E-state index is 12.9. The zero-order chi connectivity index (χ0) is 16.4. The van der Waals surface area contributed by atoms with Gasteiger partial charge >= 0.3 is 6.03 Å². The molecule has 0 saturated carbocycles. The largest absolute Gasteiger partial charge is 0.439 e. The van der Waals surface area contributed by atoms with Crippen LogP contribution in [0.4, 0.5) is 9.18 Å². The van der Waals surface area contributed by atoms with E-state index in [0.29, 0.717) is 17.7 Å². The number of nitrogens with zero attached hydrogens (tertiary/aromatic N) is 2. The molecule has 7 heteroatoms. The van der Waals surface area contributed by atoms with Gasteiger partial charge in [0.15, 0.2) is 5.76 Å². The van der Waals surface area contributed by atoms with Crippen molar-refractivity contribution in [3.05, 3.63) is 42.2 Å².